The van der Waals surface area contributed by atoms with Gasteiger partial charge in [-0.05, 0) is 32.9 Å². The Bertz CT molecular complexity index is 597. The van der Waals surface area contributed by atoms with Gasteiger partial charge in [-0.3, -0.25) is 4.79 Å². The van der Waals surface area contributed by atoms with Crippen LogP contribution in [0.2, 0.25) is 0 Å². The maximum absolute atomic E-state index is 11.5. The first-order chi connectivity index (χ1) is 9.02. The molecule has 0 aliphatic carbocycles. The average molecular weight is 257 g/mol. The van der Waals surface area contributed by atoms with E-state index in [1.54, 1.807) is 0 Å². The molecule has 0 fully saturated rings. The zero-order valence-electron chi connectivity index (χ0n) is 11.8. The minimum absolute atomic E-state index is 0.00894. The molecule has 4 nitrogen and oxygen atoms in total. The van der Waals surface area contributed by atoms with E-state index in [9.17, 15) is 4.79 Å². The van der Waals surface area contributed by atoms with Crippen LogP contribution in [0.25, 0.3) is 5.69 Å². The van der Waals surface area contributed by atoms with Crippen molar-refractivity contribution in [1.82, 2.24) is 9.78 Å². The summed E-state index contributed by atoms with van der Waals surface area (Å²) in [5.41, 5.74) is 4.81. The molecule has 0 bridgehead atoms. The molecule has 2 aromatic rings. The normalized spacial score (nSPS) is 10.5. The molecule has 0 aliphatic heterocycles. The van der Waals surface area contributed by atoms with Gasteiger partial charge in [-0.2, -0.15) is 5.10 Å². The molecule has 1 aromatic carbocycles. The Balaban J connectivity index is 2.40. The van der Waals surface area contributed by atoms with Gasteiger partial charge in [0.25, 0.3) is 0 Å². The summed E-state index contributed by atoms with van der Waals surface area (Å²) in [6, 6.07) is 8.16. The molecule has 0 unspecified atom stereocenters. The summed E-state index contributed by atoms with van der Waals surface area (Å²) in [6.45, 7) is 7.76. The van der Waals surface area contributed by atoms with Gasteiger partial charge in [0, 0.05) is 6.42 Å². The van der Waals surface area contributed by atoms with E-state index in [1.165, 1.54) is 5.56 Å². The van der Waals surface area contributed by atoms with Gasteiger partial charge in [0.1, 0.15) is 0 Å². The van der Waals surface area contributed by atoms with Crippen LogP contribution in [0.15, 0.2) is 24.3 Å². The fraction of sp³-hybridized carbons (Fsp3) is 0.333. The van der Waals surface area contributed by atoms with E-state index in [1.807, 2.05) is 37.6 Å². The lowest BCUT2D eigenvalue weighted by atomic mass is 10.2. The zero-order chi connectivity index (χ0) is 14.0. The number of anilines is 1. The second-order valence-corrected chi connectivity index (χ2v) is 4.69. The van der Waals surface area contributed by atoms with Crippen LogP contribution in [-0.4, -0.2) is 15.7 Å². The first kappa shape index (κ1) is 13.3. The quantitative estimate of drug-likeness (QED) is 0.918. The van der Waals surface area contributed by atoms with Crippen molar-refractivity contribution in [1.29, 1.82) is 0 Å². The molecule has 100 valence electrons. The highest BCUT2D eigenvalue weighted by atomic mass is 16.1. The van der Waals surface area contributed by atoms with Crippen molar-refractivity contribution in [3.8, 4) is 5.69 Å². The van der Waals surface area contributed by atoms with Crippen LogP contribution in [0.4, 0.5) is 5.69 Å². The van der Waals surface area contributed by atoms with E-state index >= 15 is 0 Å². The predicted molar refractivity (Wildman–Crippen MR) is 76.7 cm³/mol. The molecule has 1 aromatic heterocycles. The van der Waals surface area contributed by atoms with Crippen molar-refractivity contribution in [3.63, 3.8) is 0 Å². The van der Waals surface area contributed by atoms with Gasteiger partial charge in [-0.15, -0.1) is 0 Å². The van der Waals surface area contributed by atoms with E-state index in [2.05, 4.69) is 29.5 Å². The van der Waals surface area contributed by atoms with Crippen molar-refractivity contribution in [2.24, 2.45) is 0 Å². The number of carbonyl (C=O) groups excluding carboxylic acids is 1. The summed E-state index contributed by atoms with van der Waals surface area (Å²) in [7, 11) is 0. The number of benzene rings is 1. The van der Waals surface area contributed by atoms with Gasteiger partial charge in [-0.25, -0.2) is 4.68 Å². The fourth-order valence-electron chi connectivity index (χ4n) is 1.99. The third-order valence-corrected chi connectivity index (χ3v) is 3.16. The Morgan fingerprint density at radius 3 is 2.42 bits per heavy atom. The maximum atomic E-state index is 11.5. The molecular weight excluding hydrogens is 238 g/mol. The van der Waals surface area contributed by atoms with Crippen molar-refractivity contribution < 1.29 is 4.79 Å². The summed E-state index contributed by atoms with van der Waals surface area (Å²) in [5.74, 6) is 0.00894. The monoisotopic (exact) mass is 257 g/mol. The van der Waals surface area contributed by atoms with Gasteiger partial charge in [-0.1, -0.05) is 24.6 Å². The first-order valence-electron chi connectivity index (χ1n) is 6.46. The van der Waals surface area contributed by atoms with Gasteiger partial charge in [0.05, 0.1) is 22.8 Å². The summed E-state index contributed by atoms with van der Waals surface area (Å²) in [6.07, 6.45) is 0.467. The lowest BCUT2D eigenvalue weighted by Gasteiger charge is -2.06. The van der Waals surface area contributed by atoms with Crippen molar-refractivity contribution in [2.75, 3.05) is 5.32 Å². The summed E-state index contributed by atoms with van der Waals surface area (Å²) in [4.78, 5) is 11.5. The highest BCUT2D eigenvalue weighted by Gasteiger charge is 2.14. The lowest BCUT2D eigenvalue weighted by Crippen LogP contribution is -2.11. The molecule has 1 heterocycles. The molecule has 2 rings (SSSR count). The number of amides is 1. The van der Waals surface area contributed by atoms with Crippen LogP contribution in [-0.2, 0) is 4.79 Å². The minimum atomic E-state index is 0.00894. The van der Waals surface area contributed by atoms with E-state index in [-0.39, 0.29) is 5.91 Å². The number of hydrogen-bond donors (Lipinski definition) is 1. The van der Waals surface area contributed by atoms with Crippen LogP contribution in [0.3, 0.4) is 0 Å². The molecule has 0 radical (unpaired) electrons. The molecule has 0 aliphatic rings. The maximum Gasteiger partial charge on any atom is 0.224 e. The first-order valence-corrected chi connectivity index (χ1v) is 6.46. The average Bonchev–Trinajstić information content (AvgIpc) is 2.67. The van der Waals surface area contributed by atoms with Gasteiger partial charge in [0.2, 0.25) is 5.91 Å². The van der Waals surface area contributed by atoms with Crippen LogP contribution < -0.4 is 5.32 Å². The number of nitrogens with one attached hydrogen (secondary N) is 1. The highest BCUT2D eigenvalue weighted by molar-refractivity contribution is 5.91. The summed E-state index contributed by atoms with van der Waals surface area (Å²) >= 11 is 0. The lowest BCUT2D eigenvalue weighted by molar-refractivity contribution is -0.115. The summed E-state index contributed by atoms with van der Waals surface area (Å²) in [5, 5.41) is 7.41. The standard InChI is InChI=1S/C15H19N3O/c1-5-14(19)16-15-11(3)17-18(12(15)4)13-8-6-10(2)7-9-13/h6-9H,5H2,1-4H3,(H,16,19). The van der Waals surface area contributed by atoms with E-state index in [4.69, 9.17) is 0 Å². The topological polar surface area (TPSA) is 46.9 Å². The smallest absolute Gasteiger partial charge is 0.224 e. The number of aryl methyl sites for hydroxylation is 2. The SMILES string of the molecule is CCC(=O)Nc1c(C)nn(-c2ccc(C)cc2)c1C. The number of hydrogen-bond acceptors (Lipinski definition) is 2. The molecule has 4 heteroatoms. The third-order valence-electron chi connectivity index (χ3n) is 3.16. The zero-order valence-corrected chi connectivity index (χ0v) is 11.8. The molecule has 0 spiro atoms. The number of nitrogens with zero attached hydrogens (tertiary/aromatic N) is 2. The van der Waals surface area contributed by atoms with Crippen molar-refractivity contribution in [2.45, 2.75) is 34.1 Å². The molecule has 0 atom stereocenters. The Labute approximate surface area is 113 Å². The van der Waals surface area contributed by atoms with Gasteiger partial charge >= 0.3 is 0 Å². The van der Waals surface area contributed by atoms with E-state index < -0.39 is 0 Å². The number of rotatable bonds is 3. The van der Waals surface area contributed by atoms with Crippen LogP contribution in [0.1, 0.15) is 30.3 Å². The number of aromatic nitrogens is 2. The predicted octanol–water partition coefficient (Wildman–Crippen LogP) is 3.15. The second-order valence-electron chi connectivity index (χ2n) is 4.69. The molecule has 19 heavy (non-hydrogen) atoms. The molecular formula is C15H19N3O. The van der Waals surface area contributed by atoms with E-state index in [0.717, 1.165) is 22.8 Å². The van der Waals surface area contributed by atoms with Crippen LogP contribution >= 0.6 is 0 Å². The molecule has 1 amide bonds. The highest BCUT2D eigenvalue weighted by Crippen LogP contribution is 2.23. The molecule has 0 saturated carbocycles. The van der Waals surface area contributed by atoms with Crippen molar-refractivity contribution >= 4 is 11.6 Å². The van der Waals surface area contributed by atoms with Gasteiger partial charge < -0.3 is 5.32 Å². The van der Waals surface area contributed by atoms with Crippen molar-refractivity contribution in [3.05, 3.63) is 41.2 Å². The van der Waals surface area contributed by atoms with Crippen LogP contribution in [0.5, 0.6) is 0 Å². The Kier molecular flexibility index (Phi) is 3.69. The largest absolute Gasteiger partial charge is 0.323 e. The molecule has 0 saturated heterocycles. The van der Waals surface area contributed by atoms with E-state index in [0.29, 0.717) is 6.42 Å². The fourth-order valence-corrected chi connectivity index (χ4v) is 1.99. The number of carbonyl (C=O) groups is 1. The van der Waals surface area contributed by atoms with Crippen LogP contribution in [0, 0.1) is 20.8 Å². The Hall–Kier alpha value is -2.10. The Morgan fingerprint density at radius 1 is 1.21 bits per heavy atom. The minimum Gasteiger partial charge on any atom is -0.323 e. The Morgan fingerprint density at radius 2 is 1.84 bits per heavy atom. The summed E-state index contributed by atoms with van der Waals surface area (Å²) < 4.78 is 1.86. The van der Waals surface area contributed by atoms with Gasteiger partial charge in [0.15, 0.2) is 0 Å². The third kappa shape index (κ3) is 2.67. The second kappa shape index (κ2) is 5.26. The molecule has 1 N–H and O–H groups in total.